The summed E-state index contributed by atoms with van der Waals surface area (Å²) in [6.07, 6.45) is 20.8. The van der Waals surface area contributed by atoms with Gasteiger partial charge in [0.05, 0.1) is 6.04 Å². The molecular formula is C36H38N2. The number of hydrogen-bond donors (Lipinski definition) is 0. The number of nitrogens with zero attached hydrogens (tertiary/aromatic N) is 2. The van der Waals surface area contributed by atoms with Crippen LogP contribution in [0.2, 0.25) is 0 Å². The van der Waals surface area contributed by atoms with Gasteiger partial charge in [-0.25, -0.2) is 0 Å². The van der Waals surface area contributed by atoms with Crippen LogP contribution in [0.5, 0.6) is 0 Å². The zero-order chi connectivity index (χ0) is 25.3. The summed E-state index contributed by atoms with van der Waals surface area (Å²) in [4.78, 5) is 5.21. The molecule has 7 rings (SSSR count). The maximum absolute atomic E-state index is 2.68. The van der Waals surface area contributed by atoms with Crippen molar-refractivity contribution in [2.45, 2.75) is 69.9 Å². The van der Waals surface area contributed by atoms with E-state index < -0.39 is 0 Å². The molecule has 3 aromatic carbocycles. The molecule has 1 aliphatic heterocycles. The van der Waals surface area contributed by atoms with Gasteiger partial charge in [0.1, 0.15) is 0 Å². The molecule has 3 aliphatic carbocycles. The lowest BCUT2D eigenvalue weighted by Gasteiger charge is -2.35. The summed E-state index contributed by atoms with van der Waals surface area (Å²) >= 11 is 0. The van der Waals surface area contributed by atoms with Crippen molar-refractivity contribution in [1.29, 1.82) is 0 Å². The van der Waals surface area contributed by atoms with Gasteiger partial charge in [-0.1, -0.05) is 66.8 Å². The van der Waals surface area contributed by atoms with Crippen LogP contribution in [-0.2, 0) is 0 Å². The molecule has 0 aromatic heterocycles. The topological polar surface area (TPSA) is 6.48 Å². The molecule has 0 bridgehead atoms. The highest BCUT2D eigenvalue weighted by molar-refractivity contribution is 5.72. The van der Waals surface area contributed by atoms with Crippen LogP contribution in [-0.4, -0.2) is 12.1 Å². The number of benzene rings is 3. The van der Waals surface area contributed by atoms with E-state index >= 15 is 0 Å². The predicted octanol–water partition coefficient (Wildman–Crippen LogP) is 9.58. The zero-order valence-corrected chi connectivity index (χ0v) is 22.3. The normalized spacial score (nSPS) is 24.3. The first-order valence-corrected chi connectivity index (χ1v) is 14.7. The average Bonchev–Trinajstić information content (AvgIpc) is 3.33. The second-order valence-corrected chi connectivity index (χ2v) is 11.4. The molecule has 0 radical (unpaired) electrons. The Labute approximate surface area is 228 Å². The first-order chi connectivity index (χ1) is 18.9. The van der Waals surface area contributed by atoms with E-state index in [1.165, 1.54) is 73.1 Å². The number of hydrogen-bond acceptors (Lipinski definition) is 2. The molecule has 1 heterocycles. The van der Waals surface area contributed by atoms with Crippen LogP contribution >= 0.6 is 0 Å². The summed E-state index contributed by atoms with van der Waals surface area (Å²) < 4.78 is 0. The molecule has 38 heavy (non-hydrogen) atoms. The smallest absolute Gasteiger partial charge is 0.0585 e. The lowest BCUT2D eigenvalue weighted by atomic mass is 9.82. The highest BCUT2D eigenvalue weighted by Crippen LogP contribution is 2.48. The SMILES string of the molecule is C1=CC2C(CC1)C1=C(CCCC1)N2c1ccc(-c2ccc(N(c3ccccc3)C3CC=CCC3)cc2)cc1. The maximum atomic E-state index is 2.68. The number of fused-ring (bicyclic) bond motifs is 2. The van der Waals surface area contributed by atoms with Crippen molar-refractivity contribution in [2.75, 3.05) is 9.80 Å². The number of rotatable bonds is 5. The molecule has 3 aromatic rings. The predicted molar refractivity (Wildman–Crippen MR) is 161 cm³/mol. The first kappa shape index (κ1) is 23.6. The largest absolute Gasteiger partial charge is 0.338 e. The third-order valence-corrected chi connectivity index (χ3v) is 9.17. The van der Waals surface area contributed by atoms with Gasteiger partial charge in [0.2, 0.25) is 0 Å². The van der Waals surface area contributed by atoms with Gasteiger partial charge in [0.25, 0.3) is 0 Å². The summed E-state index contributed by atoms with van der Waals surface area (Å²) in [7, 11) is 0. The maximum Gasteiger partial charge on any atom is 0.0585 e. The minimum atomic E-state index is 0.504. The minimum Gasteiger partial charge on any atom is -0.338 e. The van der Waals surface area contributed by atoms with Gasteiger partial charge in [-0.3, -0.25) is 0 Å². The minimum absolute atomic E-state index is 0.504. The van der Waals surface area contributed by atoms with Crippen LogP contribution in [0.3, 0.4) is 0 Å². The Morgan fingerprint density at radius 3 is 2.13 bits per heavy atom. The molecule has 0 N–H and O–H groups in total. The van der Waals surface area contributed by atoms with E-state index in [2.05, 4.69) is 113 Å². The second kappa shape index (κ2) is 10.3. The summed E-state index contributed by atoms with van der Waals surface area (Å²) in [5, 5.41) is 0. The van der Waals surface area contributed by atoms with Gasteiger partial charge in [-0.15, -0.1) is 0 Å². The lowest BCUT2D eigenvalue weighted by molar-refractivity contribution is 0.496. The van der Waals surface area contributed by atoms with E-state index in [9.17, 15) is 0 Å². The fraction of sp³-hybridized carbons (Fsp3) is 0.333. The summed E-state index contributed by atoms with van der Waals surface area (Å²) in [6, 6.07) is 30.5. The molecule has 0 saturated carbocycles. The van der Waals surface area contributed by atoms with Gasteiger partial charge < -0.3 is 9.80 Å². The van der Waals surface area contributed by atoms with Crippen molar-refractivity contribution in [1.82, 2.24) is 0 Å². The summed E-state index contributed by atoms with van der Waals surface area (Å²) in [6.45, 7) is 0. The number of anilines is 3. The molecule has 2 nitrogen and oxygen atoms in total. The molecular weight excluding hydrogens is 460 g/mol. The van der Waals surface area contributed by atoms with Crippen molar-refractivity contribution in [3.63, 3.8) is 0 Å². The molecule has 0 fully saturated rings. The Hall–Kier alpha value is -3.52. The summed E-state index contributed by atoms with van der Waals surface area (Å²) in [5.41, 5.74) is 9.89. The van der Waals surface area contributed by atoms with Gasteiger partial charge in [0, 0.05) is 34.7 Å². The lowest BCUT2D eigenvalue weighted by Crippen LogP contribution is -2.33. The van der Waals surface area contributed by atoms with Crippen molar-refractivity contribution in [3.8, 4) is 11.1 Å². The van der Waals surface area contributed by atoms with Crippen molar-refractivity contribution in [3.05, 3.63) is 114 Å². The highest BCUT2D eigenvalue weighted by atomic mass is 15.2. The first-order valence-electron chi connectivity index (χ1n) is 14.7. The third-order valence-electron chi connectivity index (χ3n) is 9.17. The zero-order valence-electron chi connectivity index (χ0n) is 22.3. The molecule has 192 valence electrons. The van der Waals surface area contributed by atoms with E-state index in [1.807, 2.05) is 0 Å². The van der Waals surface area contributed by atoms with Crippen LogP contribution in [0.1, 0.15) is 57.8 Å². The Bertz CT molecular complexity index is 1350. The molecule has 0 spiro atoms. The Balaban J connectivity index is 1.15. The Kier molecular flexibility index (Phi) is 6.41. The van der Waals surface area contributed by atoms with E-state index in [-0.39, 0.29) is 0 Å². The van der Waals surface area contributed by atoms with Gasteiger partial charge in [-0.2, -0.15) is 0 Å². The molecule has 3 unspecified atom stereocenters. The fourth-order valence-corrected chi connectivity index (χ4v) is 7.36. The van der Waals surface area contributed by atoms with Crippen LogP contribution < -0.4 is 9.80 Å². The summed E-state index contributed by atoms with van der Waals surface area (Å²) in [5.74, 6) is 0.731. The van der Waals surface area contributed by atoms with Crippen molar-refractivity contribution >= 4 is 17.1 Å². The Morgan fingerprint density at radius 2 is 1.37 bits per heavy atom. The van der Waals surface area contributed by atoms with Crippen LogP contribution in [0.4, 0.5) is 17.1 Å². The van der Waals surface area contributed by atoms with Crippen LogP contribution in [0, 0.1) is 5.92 Å². The van der Waals surface area contributed by atoms with Crippen LogP contribution in [0.15, 0.2) is 114 Å². The fourth-order valence-electron chi connectivity index (χ4n) is 7.36. The van der Waals surface area contributed by atoms with Crippen molar-refractivity contribution < 1.29 is 0 Å². The quantitative estimate of drug-likeness (QED) is 0.323. The van der Waals surface area contributed by atoms with Gasteiger partial charge in [-0.05, 0) is 111 Å². The Morgan fingerprint density at radius 1 is 0.658 bits per heavy atom. The van der Waals surface area contributed by atoms with E-state index in [1.54, 1.807) is 11.3 Å². The standard InChI is InChI=1S/C36H38N2/c1-3-11-29(12-4-1)37(30-13-5-2-6-14-30)31-23-19-27(20-24-31)28-21-25-32(26-22-28)38-35-17-9-7-15-33(35)34-16-8-10-18-36(34)38/h1-5,9,11-12,17,19-26,30,33,35H,6-8,10,13-16,18H2. The molecule has 0 amide bonds. The monoisotopic (exact) mass is 498 g/mol. The highest BCUT2D eigenvalue weighted by Gasteiger charge is 2.40. The number of allylic oxidation sites excluding steroid dienone is 3. The van der Waals surface area contributed by atoms with E-state index in [4.69, 9.17) is 0 Å². The van der Waals surface area contributed by atoms with Crippen LogP contribution in [0.25, 0.3) is 11.1 Å². The van der Waals surface area contributed by atoms with Gasteiger partial charge in [0.15, 0.2) is 0 Å². The van der Waals surface area contributed by atoms with Gasteiger partial charge >= 0.3 is 0 Å². The van der Waals surface area contributed by atoms with Crippen molar-refractivity contribution in [2.24, 2.45) is 5.92 Å². The van der Waals surface area contributed by atoms with E-state index in [0.29, 0.717) is 12.1 Å². The number of para-hydroxylation sites is 1. The molecule has 3 atom stereocenters. The van der Waals surface area contributed by atoms with E-state index in [0.717, 1.165) is 18.8 Å². The third kappa shape index (κ3) is 4.30. The molecule has 2 heteroatoms. The molecule has 4 aliphatic rings. The second-order valence-electron chi connectivity index (χ2n) is 11.4. The average molecular weight is 499 g/mol. The molecule has 0 saturated heterocycles.